The number of rotatable bonds is 2. The van der Waals surface area contributed by atoms with Crippen molar-refractivity contribution < 1.29 is 9.53 Å². The second-order valence-corrected chi connectivity index (χ2v) is 3.84. The molecule has 0 rings (SSSR count). The fourth-order valence-corrected chi connectivity index (χ4v) is 0.839. The van der Waals surface area contributed by atoms with E-state index in [0.717, 1.165) is 0 Å². The monoisotopic (exact) mass is 205 g/mol. The van der Waals surface area contributed by atoms with E-state index in [0.29, 0.717) is 5.70 Å². The van der Waals surface area contributed by atoms with Crippen molar-refractivity contribution in [2.24, 2.45) is 0 Å². The fourth-order valence-electron chi connectivity index (χ4n) is 0.617. The SMILES string of the molecule is CC=C(CCl)NC(=O)OC(C)(C)C. The molecule has 1 amide bonds. The molecule has 0 unspecified atom stereocenters. The third-order valence-corrected chi connectivity index (χ3v) is 1.44. The maximum absolute atomic E-state index is 11.2. The van der Waals surface area contributed by atoms with Gasteiger partial charge in [-0.2, -0.15) is 0 Å². The highest BCUT2D eigenvalue weighted by Crippen LogP contribution is 2.07. The standard InChI is InChI=1S/C9H16ClNO2/c1-5-7(6-10)11-8(12)13-9(2,3)4/h5H,6H2,1-4H3,(H,11,12). The first-order chi connectivity index (χ1) is 5.89. The average Bonchev–Trinajstić information content (AvgIpc) is 1.96. The van der Waals surface area contributed by atoms with E-state index >= 15 is 0 Å². The summed E-state index contributed by atoms with van der Waals surface area (Å²) in [6.07, 6.45) is 1.26. The Labute approximate surface area is 84.1 Å². The van der Waals surface area contributed by atoms with Crippen LogP contribution < -0.4 is 5.32 Å². The maximum Gasteiger partial charge on any atom is 0.411 e. The molecule has 0 saturated heterocycles. The lowest BCUT2D eigenvalue weighted by Gasteiger charge is -2.19. The van der Waals surface area contributed by atoms with Crippen LogP contribution in [-0.2, 0) is 4.74 Å². The van der Waals surface area contributed by atoms with Gasteiger partial charge in [-0.25, -0.2) is 4.79 Å². The smallest absolute Gasteiger partial charge is 0.411 e. The Kier molecular flexibility index (Phi) is 4.85. The Morgan fingerprint density at radius 3 is 2.38 bits per heavy atom. The van der Waals surface area contributed by atoms with E-state index in [1.807, 2.05) is 20.8 Å². The minimum Gasteiger partial charge on any atom is -0.444 e. The van der Waals surface area contributed by atoms with Crippen LogP contribution in [0.3, 0.4) is 0 Å². The number of nitrogens with one attached hydrogen (secondary N) is 1. The van der Waals surface area contributed by atoms with Crippen LogP contribution in [0.1, 0.15) is 27.7 Å². The van der Waals surface area contributed by atoms with Gasteiger partial charge in [-0.15, -0.1) is 11.6 Å². The summed E-state index contributed by atoms with van der Waals surface area (Å²) in [4.78, 5) is 11.2. The molecule has 13 heavy (non-hydrogen) atoms. The lowest BCUT2D eigenvalue weighted by molar-refractivity contribution is 0.0546. The molecule has 0 aromatic carbocycles. The van der Waals surface area contributed by atoms with Crippen LogP contribution in [0.4, 0.5) is 4.79 Å². The van der Waals surface area contributed by atoms with Gasteiger partial charge in [0.05, 0.1) is 5.88 Å². The van der Waals surface area contributed by atoms with E-state index in [1.165, 1.54) is 0 Å². The van der Waals surface area contributed by atoms with Gasteiger partial charge in [-0.05, 0) is 27.7 Å². The van der Waals surface area contributed by atoms with E-state index in [4.69, 9.17) is 16.3 Å². The predicted molar refractivity (Wildman–Crippen MR) is 53.8 cm³/mol. The highest BCUT2D eigenvalue weighted by Gasteiger charge is 2.16. The normalized spacial score (nSPS) is 12.5. The molecule has 4 heteroatoms. The van der Waals surface area contributed by atoms with Crippen molar-refractivity contribution >= 4 is 17.7 Å². The van der Waals surface area contributed by atoms with Crippen molar-refractivity contribution in [1.82, 2.24) is 5.32 Å². The number of hydrogen-bond donors (Lipinski definition) is 1. The predicted octanol–water partition coefficient (Wildman–Crippen LogP) is 2.65. The van der Waals surface area contributed by atoms with Gasteiger partial charge in [-0.1, -0.05) is 6.08 Å². The van der Waals surface area contributed by atoms with Crippen LogP contribution >= 0.6 is 11.6 Å². The number of carbonyl (C=O) groups excluding carboxylic acids is 1. The molecule has 0 aromatic heterocycles. The van der Waals surface area contributed by atoms with Crippen molar-refractivity contribution in [1.29, 1.82) is 0 Å². The summed E-state index contributed by atoms with van der Waals surface area (Å²) in [5, 5.41) is 2.54. The number of carbonyl (C=O) groups is 1. The molecule has 0 saturated carbocycles. The Morgan fingerprint density at radius 2 is 2.08 bits per heavy atom. The first-order valence-electron chi connectivity index (χ1n) is 4.10. The maximum atomic E-state index is 11.2. The average molecular weight is 206 g/mol. The minimum absolute atomic E-state index is 0.274. The number of ether oxygens (including phenoxy) is 1. The van der Waals surface area contributed by atoms with Gasteiger partial charge in [0.25, 0.3) is 0 Å². The van der Waals surface area contributed by atoms with Gasteiger partial charge in [0.1, 0.15) is 5.60 Å². The number of hydrogen-bond acceptors (Lipinski definition) is 2. The summed E-state index contributed by atoms with van der Waals surface area (Å²) in [5.74, 6) is 0.274. The van der Waals surface area contributed by atoms with Gasteiger partial charge in [0.15, 0.2) is 0 Å². The number of alkyl halides is 1. The first kappa shape index (κ1) is 12.3. The number of halogens is 1. The van der Waals surface area contributed by atoms with Crippen LogP contribution in [-0.4, -0.2) is 17.6 Å². The lowest BCUT2D eigenvalue weighted by atomic mass is 10.2. The molecular weight excluding hydrogens is 190 g/mol. The van der Waals surface area contributed by atoms with E-state index in [-0.39, 0.29) is 5.88 Å². The van der Waals surface area contributed by atoms with Gasteiger partial charge in [0, 0.05) is 5.70 Å². The molecule has 1 N–H and O–H groups in total. The number of amides is 1. The molecule has 3 nitrogen and oxygen atoms in total. The first-order valence-corrected chi connectivity index (χ1v) is 4.63. The Balaban J connectivity index is 4.02. The second kappa shape index (κ2) is 5.12. The molecule has 0 aliphatic rings. The highest BCUT2D eigenvalue weighted by molar-refractivity contribution is 6.19. The summed E-state index contributed by atoms with van der Waals surface area (Å²) in [5.41, 5.74) is 0.172. The molecule has 0 spiro atoms. The Morgan fingerprint density at radius 1 is 1.54 bits per heavy atom. The zero-order chi connectivity index (χ0) is 10.5. The van der Waals surface area contributed by atoms with Crippen LogP contribution in [0.5, 0.6) is 0 Å². The zero-order valence-electron chi connectivity index (χ0n) is 8.48. The Bertz CT molecular complexity index is 206. The van der Waals surface area contributed by atoms with Gasteiger partial charge in [-0.3, -0.25) is 5.32 Å². The second-order valence-electron chi connectivity index (χ2n) is 3.57. The van der Waals surface area contributed by atoms with Crippen molar-refractivity contribution in [3.8, 4) is 0 Å². The van der Waals surface area contributed by atoms with E-state index < -0.39 is 11.7 Å². The zero-order valence-corrected chi connectivity index (χ0v) is 9.23. The van der Waals surface area contributed by atoms with Gasteiger partial charge >= 0.3 is 6.09 Å². The topological polar surface area (TPSA) is 38.3 Å². The number of allylic oxidation sites excluding steroid dienone is 2. The molecule has 0 aliphatic carbocycles. The molecular formula is C9H16ClNO2. The van der Waals surface area contributed by atoms with E-state index in [2.05, 4.69) is 5.32 Å². The summed E-state index contributed by atoms with van der Waals surface area (Å²) < 4.78 is 5.02. The molecule has 0 bridgehead atoms. The van der Waals surface area contributed by atoms with Gasteiger partial charge < -0.3 is 4.74 Å². The summed E-state index contributed by atoms with van der Waals surface area (Å²) in [6.45, 7) is 7.23. The van der Waals surface area contributed by atoms with Crippen LogP contribution in [0.2, 0.25) is 0 Å². The van der Waals surface area contributed by atoms with Crippen LogP contribution in [0.15, 0.2) is 11.8 Å². The van der Waals surface area contributed by atoms with Crippen LogP contribution in [0.25, 0.3) is 0 Å². The summed E-state index contributed by atoms with van der Waals surface area (Å²) in [7, 11) is 0. The third kappa shape index (κ3) is 6.46. The van der Waals surface area contributed by atoms with Crippen molar-refractivity contribution in [3.63, 3.8) is 0 Å². The largest absolute Gasteiger partial charge is 0.444 e. The van der Waals surface area contributed by atoms with E-state index in [1.54, 1.807) is 13.0 Å². The molecule has 0 fully saturated rings. The van der Waals surface area contributed by atoms with Crippen molar-refractivity contribution in [2.75, 3.05) is 5.88 Å². The molecule has 0 aromatic rings. The van der Waals surface area contributed by atoms with Crippen molar-refractivity contribution in [2.45, 2.75) is 33.3 Å². The summed E-state index contributed by atoms with van der Waals surface area (Å²) >= 11 is 5.54. The van der Waals surface area contributed by atoms with Crippen molar-refractivity contribution in [3.05, 3.63) is 11.8 Å². The quantitative estimate of drug-likeness (QED) is 0.704. The molecule has 0 heterocycles. The lowest BCUT2D eigenvalue weighted by Crippen LogP contribution is -2.32. The van der Waals surface area contributed by atoms with Gasteiger partial charge in [0.2, 0.25) is 0 Å². The van der Waals surface area contributed by atoms with E-state index in [9.17, 15) is 4.79 Å². The molecule has 0 radical (unpaired) electrons. The minimum atomic E-state index is -0.477. The number of alkyl carbamates (subject to hydrolysis) is 1. The summed E-state index contributed by atoms with van der Waals surface area (Å²) in [6, 6.07) is 0. The Hall–Kier alpha value is -0.700. The highest BCUT2D eigenvalue weighted by atomic mass is 35.5. The third-order valence-electron chi connectivity index (χ3n) is 1.15. The molecule has 0 aliphatic heterocycles. The van der Waals surface area contributed by atoms with Crippen LogP contribution in [0, 0.1) is 0 Å². The molecule has 76 valence electrons. The molecule has 0 atom stereocenters. The fraction of sp³-hybridized carbons (Fsp3) is 0.667.